The molecular weight excluding hydrogens is 172 g/mol. The minimum absolute atomic E-state index is 0.422. The van der Waals surface area contributed by atoms with Gasteiger partial charge in [0.1, 0.15) is 0 Å². The highest BCUT2D eigenvalue weighted by Gasteiger charge is 2.08. The molecule has 0 amide bonds. The Labute approximate surface area is 86.9 Å². The van der Waals surface area contributed by atoms with Crippen LogP contribution >= 0.6 is 0 Å². The molecule has 14 heavy (non-hydrogen) atoms. The second kappa shape index (κ2) is 5.13. The van der Waals surface area contributed by atoms with Crippen LogP contribution < -0.4 is 5.43 Å². The van der Waals surface area contributed by atoms with Crippen molar-refractivity contribution >= 4 is 0 Å². The molecule has 78 valence electrons. The van der Waals surface area contributed by atoms with Crippen molar-refractivity contribution in [2.24, 2.45) is 0 Å². The lowest BCUT2D eigenvalue weighted by molar-refractivity contribution is 0.239. The molecule has 0 aliphatic carbocycles. The molecule has 0 spiro atoms. The van der Waals surface area contributed by atoms with Gasteiger partial charge >= 0.3 is 0 Å². The molecule has 1 atom stereocenters. The van der Waals surface area contributed by atoms with Gasteiger partial charge in [-0.25, -0.2) is 5.43 Å². The first-order valence-corrected chi connectivity index (χ1v) is 5.13. The summed E-state index contributed by atoms with van der Waals surface area (Å²) in [4.78, 5) is 0. The summed E-state index contributed by atoms with van der Waals surface area (Å²) < 4.78 is 0. The summed E-state index contributed by atoms with van der Waals surface area (Å²) in [6, 6.07) is 9.13. The van der Waals surface area contributed by atoms with Crippen molar-refractivity contribution in [1.29, 1.82) is 0 Å². The fourth-order valence-electron chi connectivity index (χ4n) is 1.51. The van der Waals surface area contributed by atoms with Crippen molar-refractivity contribution in [2.75, 3.05) is 14.1 Å². The van der Waals surface area contributed by atoms with Crippen LogP contribution in [-0.2, 0) is 0 Å². The van der Waals surface area contributed by atoms with Gasteiger partial charge < -0.3 is 0 Å². The Morgan fingerprint density at radius 2 is 1.79 bits per heavy atom. The van der Waals surface area contributed by atoms with Crippen LogP contribution in [0.2, 0.25) is 0 Å². The highest BCUT2D eigenvalue weighted by atomic mass is 15.5. The van der Waals surface area contributed by atoms with Crippen LogP contribution in [0, 0.1) is 6.92 Å². The van der Waals surface area contributed by atoms with Crippen LogP contribution in [0.5, 0.6) is 0 Å². The Morgan fingerprint density at radius 1 is 1.21 bits per heavy atom. The van der Waals surface area contributed by atoms with Crippen LogP contribution in [0.4, 0.5) is 0 Å². The van der Waals surface area contributed by atoms with Crippen molar-refractivity contribution in [3.63, 3.8) is 0 Å². The van der Waals surface area contributed by atoms with Crippen molar-refractivity contribution in [1.82, 2.24) is 10.4 Å². The summed E-state index contributed by atoms with van der Waals surface area (Å²) >= 11 is 0. The van der Waals surface area contributed by atoms with Gasteiger partial charge in [-0.2, -0.15) is 0 Å². The first-order chi connectivity index (χ1) is 6.63. The van der Waals surface area contributed by atoms with Gasteiger partial charge in [-0.05, 0) is 18.9 Å². The quantitative estimate of drug-likeness (QED) is 0.737. The second-order valence-electron chi connectivity index (χ2n) is 3.90. The molecule has 1 aromatic rings. The molecule has 2 nitrogen and oxygen atoms in total. The maximum Gasteiger partial charge on any atom is 0.0461 e. The Balaban J connectivity index is 2.73. The predicted octanol–water partition coefficient (Wildman–Crippen LogP) is 2.51. The van der Waals surface area contributed by atoms with Crippen molar-refractivity contribution < 1.29 is 0 Å². The first-order valence-electron chi connectivity index (χ1n) is 5.13. The van der Waals surface area contributed by atoms with Crippen LogP contribution in [-0.4, -0.2) is 19.1 Å². The molecule has 0 aromatic heterocycles. The van der Waals surface area contributed by atoms with Gasteiger partial charge in [0.05, 0.1) is 0 Å². The Kier molecular flexibility index (Phi) is 4.11. The zero-order chi connectivity index (χ0) is 10.6. The molecule has 2 heteroatoms. The van der Waals surface area contributed by atoms with Crippen molar-refractivity contribution in [3.05, 3.63) is 35.4 Å². The Bertz CT molecular complexity index is 264. The van der Waals surface area contributed by atoms with Gasteiger partial charge in [-0.1, -0.05) is 36.8 Å². The summed E-state index contributed by atoms with van der Waals surface area (Å²) in [6.45, 7) is 4.31. The second-order valence-corrected chi connectivity index (χ2v) is 3.90. The van der Waals surface area contributed by atoms with E-state index in [4.69, 9.17) is 0 Å². The average molecular weight is 192 g/mol. The number of rotatable bonds is 4. The van der Waals surface area contributed by atoms with E-state index in [1.54, 1.807) is 0 Å². The zero-order valence-corrected chi connectivity index (χ0v) is 9.54. The molecule has 1 aromatic carbocycles. The fourth-order valence-corrected chi connectivity index (χ4v) is 1.51. The minimum atomic E-state index is 0.422. The third-order valence-corrected chi connectivity index (χ3v) is 2.30. The number of hydrogen-bond acceptors (Lipinski definition) is 2. The lowest BCUT2D eigenvalue weighted by atomic mass is 10.0. The number of nitrogens with zero attached hydrogens (tertiary/aromatic N) is 1. The van der Waals surface area contributed by atoms with E-state index in [1.165, 1.54) is 11.1 Å². The Hall–Kier alpha value is -0.860. The molecule has 0 aliphatic rings. The van der Waals surface area contributed by atoms with E-state index in [2.05, 4.69) is 43.5 Å². The number of hydrazine groups is 1. The number of aryl methyl sites for hydroxylation is 1. The largest absolute Gasteiger partial charge is 0.250 e. The number of nitrogens with one attached hydrogen (secondary N) is 1. The topological polar surface area (TPSA) is 15.3 Å². The molecular formula is C12H20N2. The highest BCUT2D eigenvalue weighted by Crippen LogP contribution is 2.16. The summed E-state index contributed by atoms with van der Waals surface area (Å²) in [5.41, 5.74) is 6.07. The van der Waals surface area contributed by atoms with E-state index in [9.17, 15) is 0 Å². The molecule has 0 radical (unpaired) electrons. The van der Waals surface area contributed by atoms with Crippen LogP contribution in [0.3, 0.4) is 0 Å². The Morgan fingerprint density at radius 3 is 2.21 bits per heavy atom. The molecule has 0 heterocycles. The van der Waals surface area contributed by atoms with Gasteiger partial charge in [-0.3, -0.25) is 5.01 Å². The highest BCUT2D eigenvalue weighted by molar-refractivity contribution is 5.23. The number of hydrogen-bond donors (Lipinski definition) is 1. The van der Waals surface area contributed by atoms with Crippen LogP contribution in [0.25, 0.3) is 0 Å². The summed E-state index contributed by atoms with van der Waals surface area (Å²) in [5.74, 6) is 0. The van der Waals surface area contributed by atoms with Gasteiger partial charge in [0.15, 0.2) is 0 Å². The molecule has 1 N–H and O–H groups in total. The van der Waals surface area contributed by atoms with E-state index < -0.39 is 0 Å². The maximum atomic E-state index is 3.40. The van der Waals surface area contributed by atoms with Gasteiger partial charge in [0, 0.05) is 20.1 Å². The van der Waals surface area contributed by atoms with E-state index in [0.717, 1.165) is 6.42 Å². The molecule has 0 saturated heterocycles. The van der Waals surface area contributed by atoms with E-state index in [-0.39, 0.29) is 0 Å². The molecule has 0 bridgehead atoms. The van der Waals surface area contributed by atoms with Gasteiger partial charge in [-0.15, -0.1) is 0 Å². The summed E-state index contributed by atoms with van der Waals surface area (Å²) in [6.07, 6.45) is 1.10. The van der Waals surface area contributed by atoms with E-state index in [0.29, 0.717) is 6.04 Å². The van der Waals surface area contributed by atoms with Gasteiger partial charge in [0.25, 0.3) is 0 Å². The average Bonchev–Trinajstić information content (AvgIpc) is 2.15. The predicted molar refractivity (Wildman–Crippen MR) is 61.0 cm³/mol. The summed E-state index contributed by atoms with van der Waals surface area (Å²) in [5, 5.41) is 2.01. The monoisotopic (exact) mass is 192 g/mol. The lowest BCUT2D eigenvalue weighted by Gasteiger charge is -2.22. The van der Waals surface area contributed by atoms with Crippen LogP contribution in [0.1, 0.15) is 30.5 Å². The number of benzene rings is 1. The van der Waals surface area contributed by atoms with E-state index >= 15 is 0 Å². The normalized spacial score (nSPS) is 13.2. The van der Waals surface area contributed by atoms with Gasteiger partial charge in [0.2, 0.25) is 0 Å². The van der Waals surface area contributed by atoms with E-state index in [1.807, 2.05) is 19.1 Å². The summed E-state index contributed by atoms with van der Waals surface area (Å²) in [7, 11) is 4.05. The molecule has 0 fully saturated rings. The molecule has 1 rings (SSSR count). The third kappa shape index (κ3) is 3.13. The molecule has 0 saturated carbocycles. The smallest absolute Gasteiger partial charge is 0.0461 e. The zero-order valence-electron chi connectivity index (χ0n) is 9.54. The lowest BCUT2D eigenvalue weighted by Crippen LogP contribution is -2.33. The minimum Gasteiger partial charge on any atom is -0.250 e. The third-order valence-electron chi connectivity index (χ3n) is 2.30. The standard InChI is InChI=1S/C12H20N2/c1-5-12(13-14(3)4)11-8-6-10(2)7-9-11/h6-9,12-13H,5H2,1-4H3. The maximum absolute atomic E-state index is 3.40. The fraction of sp³-hybridized carbons (Fsp3) is 0.500. The molecule has 0 aliphatic heterocycles. The van der Waals surface area contributed by atoms with Crippen LogP contribution in [0.15, 0.2) is 24.3 Å². The SMILES string of the molecule is CCC(NN(C)C)c1ccc(C)cc1. The molecule has 1 unspecified atom stereocenters. The first kappa shape index (κ1) is 11.2. The van der Waals surface area contributed by atoms with Crippen molar-refractivity contribution in [2.45, 2.75) is 26.3 Å². The van der Waals surface area contributed by atoms with Crippen molar-refractivity contribution in [3.8, 4) is 0 Å².